The Morgan fingerprint density at radius 3 is 2.64 bits per heavy atom. The molecular weight excluding hydrogens is 186 g/mol. The van der Waals surface area contributed by atoms with Crippen molar-refractivity contribution in [1.29, 1.82) is 0 Å². The molecule has 0 radical (unpaired) electrons. The molecule has 1 rings (SSSR count). The summed E-state index contributed by atoms with van der Waals surface area (Å²) < 4.78 is 26.3. The Bertz CT molecular complexity index is 311. The highest BCUT2D eigenvalue weighted by Crippen LogP contribution is 2.26. The number of nitrogens with two attached hydrogens (primary N) is 1. The monoisotopic (exact) mass is 200 g/mol. The topological polar surface area (TPSA) is 38.9 Å². The summed E-state index contributed by atoms with van der Waals surface area (Å²) in [5, 5.41) is 0. The van der Waals surface area contributed by atoms with Crippen LogP contribution in [0.1, 0.15) is 31.0 Å². The zero-order valence-corrected chi connectivity index (χ0v) is 8.30. The van der Waals surface area contributed by atoms with Gasteiger partial charge in [0.25, 0.3) is 0 Å². The van der Waals surface area contributed by atoms with Crippen molar-refractivity contribution in [2.45, 2.75) is 25.7 Å². The molecule has 14 heavy (non-hydrogen) atoms. The minimum atomic E-state index is -3.02. The normalized spacial score (nSPS) is 12.1. The third-order valence-electron chi connectivity index (χ3n) is 2.08. The van der Waals surface area contributed by atoms with E-state index in [2.05, 4.69) is 4.98 Å². The summed E-state index contributed by atoms with van der Waals surface area (Å²) in [6.45, 7) is 3.18. The summed E-state index contributed by atoms with van der Waals surface area (Å²) >= 11 is 0. The highest BCUT2D eigenvalue weighted by atomic mass is 19.3. The van der Waals surface area contributed by atoms with Crippen LogP contribution < -0.4 is 5.73 Å². The maximum Gasteiger partial charge on any atom is 0.301 e. The van der Waals surface area contributed by atoms with Crippen molar-refractivity contribution in [2.24, 2.45) is 5.73 Å². The molecule has 0 saturated heterocycles. The predicted molar refractivity (Wildman–Crippen MR) is 51.3 cm³/mol. The third kappa shape index (κ3) is 2.26. The van der Waals surface area contributed by atoms with Gasteiger partial charge < -0.3 is 5.73 Å². The number of halogens is 2. The molecule has 78 valence electrons. The largest absolute Gasteiger partial charge is 0.325 e. The maximum atomic E-state index is 13.1. The molecule has 0 fully saturated rings. The van der Waals surface area contributed by atoms with Gasteiger partial charge in [-0.05, 0) is 23.6 Å². The predicted octanol–water partition coefficient (Wildman–Crippen LogP) is 2.26. The van der Waals surface area contributed by atoms with E-state index in [9.17, 15) is 8.78 Å². The van der Waals surface area contributed by atoms with E-state index in [0.29, 0.717) is 0 Å². The second kappa shape index (κ2) is 4.00. The van der Waals surface area contributed by atoms with Crippen molar-refractivity contribution in [3.8, 4) is 0 Å². The summed E-state index contributed by atoms with van der Waals surface area (Å²) in [6, 6.07) is 3.15. The fourth-order valence-electron chi connectivity index (χ4n) is 1.11. The van der Waals surface area contributed by atoms with E-state index < -0.39 is 12.5 Å². The second-order valence-electron chi connectivity index (χ2n) is 3.54. The van der Waals surface area contributed by atoms with E-state index in [-0.39, 0.29) is 11.6 Å². The Labute approximate surface area is 82.1 Å². The smallest absolute Gasteiger partial charge is 0.301 e. The molecule has 0 unspecified atom stereocenters. The number of alkyl halides is 2. The summed E-state index contributed by atoms with van der Waals surface area (Å²) in [5.74, 6) is -2.81. The third-order valence-corrected chi connectivity index (χ3v) is 2.08. The van der Waals surface area contributed by atoms with E-state index in [1.165, 1.54) is 12.3 Å². The zero-order valence-electron chi connectivity index (χ0n) is 8.30. The van der Waals surface area contributed by atoms with Crippen LogP contribution in [-0.4, -0.2) is 11.5 Å². The lowest BCUT2D eigenvalue weighted by molar-refractivity contribution is 0.00129. The van der Waals surface area contributed by atoms with Crippen LogP contribution >= 0.6 is 0 Å². The summed E-state index contributed by atoms with van der Waals surface area (Å²) in [5.41, 5.74) is 5.58. The van der Waals surface area contributed by atoms with Gasteiger partial charge in [-0.2, -0.15) is 8.78 Å². The molecule has 1 aromatic rings. The van der Waals surface area contributed by atoms with Gasteiger partial charge in [-0.15, -0.1) is 0 Å². The fourth-order valence-corrected chi connectivity index (χ4v) is 1.11. The first-order valence-electron chi connectivity index (χ1n) is 4.51. The van der Waals surface area contributed by atoms with Gasteiger partial charge in [0.2, 0.25) is 0 Å². The average molecular weight is 200 g/mol. The van der Waals surface area contributed by atoms with E-state index in [1.807, 2.05) is 13.8 Å². The van der Waals surface area contributed by atoms with Crippen LogP contribution in [0, 0.1) is 0 Å². The molecule has 1 heterocycles. The maximum absolute atomic E-state index is 13.1. The number of pyridine rings is 1. The molecule has 0 amide bonds. The molecular formula is C10H14F2N2. The van der Waals surface area contributed by atoms with E-state index >= 15 is 0 Å². The van der Waals surface area contributed by atoms with E-state index in [4.69, 9.17) is 5.73 Å². The Hall–Kier alpha value is -1.03. The van der Waals surface area contributed by atoms with E-state index in [0.717, 1.165) is 5.56 Å². The molecule has 2 N–H and O–H groups in total. The van der Waals surface area contributed by atoms with Gasteiger partial charge in [0, 0.05) is 6.20 Å². The fraction of sp³-hybridized carbons (Fsp3) is 0.500. The van der Waals surface area contributed by atoms with Crippen LogP contribution in [0.15, 0.2) is 18.3 Å². The number of hydrogen-bond donors (Lipinski definition) is 1. The minimum absolute atomic E-state index is 0.213. The first kappa shape index (κ1) is 11.0. The average Bonchev–Trinajstić information content (AvgIpc) is 2.18. The van der Waals surface area contributed by atoms with Crippen molar-refractivity contribution in [3.05, 3.63) is 29.6 Å². The van der Waals surface area contributed by atoms with Crippen molar-refractivity contribution < 1.29 is 8.78 Å². The second-order valence-corrected chi connectivity index (χ2v) is 3.54. The van der Waals surface area contributed by atoms with Crippen molar-refractivity contribution >= 4 is 0 Å². The Morgan fingerprint density at radius 2 is 2.14 bits per heavy atom. The van der Waals surface area contributed by atoms with Crippen LogP contribution in [0.3, 0.4) is 0 Å². The zero-order chi connectivity index (χ0) is 10.8. The van der Waals surface area contributed by atoms with Crippen LogP contribution in [0.25, 0.3) is 0 Å². The Balaban J connectivity index is 3.05. The summed E-state index contributed by atoms with van der Waals surface area (Å²) in [7, 11) is 0. The van der Waals surface area contributed by atoms with Gasteiger partial charge in [0.1, 0.15) is 5.69 Å². The van der Waals surface area contributed by atoms with Crippen LogP contribution in [-0.2, 0) is 5.92 Å². The Morgan fingerprint density at radius 1 is 1.50 bits per heavy atom. The Kier molecular flexibility index (Phi) is 3.16. The first-order valence-corrected chi connectivity index (χ1v) is 4.51. The van der Waals surface area contributed by atoms with Gasteiger partial charge in [-0.1, -0.05) is 13.8 Å². The van der Waals surface area contributed by atoms with Crippen LogP contribution in [0.5, 0.6) is 0 Å². The molecule has 4 heteroatoms. The highest BCUT2D eigenvalue weighted by Gasteiger charge is 2.31. The molecule has 0 aromatic carbocycles. The van der Waals surface area contributed by atoms with Crippen molar-refractivity contribution in [3.63, 3.8) is 0 Å². The SMILES string of the molecule is CC(C)c1ccnc(C(F)(F)CN)c1. The van der Waals surface area contributed by atoms with Gasteiger partial charge in [0.05, 0.1) is 6.54 Å². The summed E-state index contributed by atoms with van der Waals surface area (Å²) in [4.78, 5) is 3.63. The van der Waals surface area contributed by atoms with Crippen LogP contribution in [0.2, 0.25) is 0 Å². The van der Waals surface area contributed by atoms with Gasteiger partial charge >= 0.3 is 5.92 Å². The lowest BCUT2D eigenvalue weighted by atomic mass is 10.0. The minimum Gasteiger partial charge on any atom is -0.325 e. The number of aromatic nitrogens is 1. The molecule has 0 atom stereocenters. The standard InChI is InChI=1S/C10H14F2N2/c1-7(2)8-3-4-14-9(5-8)10(11,12)6-13/h3-5,7H,6,13H2,1-2H3. The summed E-state index contributed by atoms with van der Waals surface area (Å²) in [6.07, 6.45) is 1.40. The number of hydrogen-bond acceptors (Lipinski definition) is 2. The molecule has 2 nitrogen and oxygen atoms in total. The molecule has 0 bridgehead atoms. The molecule has 1 aromatic heterocycles. The molecule has 0 aliphatic carbocycles. The first-order chi connectivity index (χ1) is 6.47. The molecule has 0 aliphatic rings. The van der Waals surface area contributed by atoms with Crippen molar-refractivity contribution in [1.82, 2.24) is 4.98 Å². The number of rotatable bonds is 3. The molecule has 0 aliphatic heterocycles. The van der Waals surface area contributed by atoms with Gasteiger partial charge in [-0.25, -0.2) is 0 Å². The van der Waals surface area contributed by atoms with Gasteiger partial charge in [-0.3, -0.25) is 4.98 Å². The lowest BCUT2D eigenvalue weighted by Gasteiger charge is -2.14. The van der Waals surface area contributed by atoms with E-state index in [1.54, 1.807) is 6.07 Å². The molecule has 0 saturated carbocycles. The highest BCUT2D eigenvalue weighted by molar-refractivity contribution is 5.22. The quantitative estimate of drug-likeness (QED) is 0.812. The van der Waals surface area contributed by atoms with Crippen molar-refractivity contribution in [2.75, 3.05) is 6.54 Å². The molecule has 0 spiro atoms. The van der Waals surface area contributed by atoms with Gasteiger partial charge in [0.15, 0.2) is 0 Å². The van der Waals surface area contributed by atoms with Crippen LogP contribution in [0.4, 0.5) is 8.78 Å². The lowest BCUT2D eigenvalue weighted by Crippen LogP contribution is -2.26. The number of nitrogens with zero attached hydrogens (tertiary/aromatic N) is 1.